The molecule has 3 nitrogen and oxygen atoms in total. The molecule has 2 atom stereocenters. The summed E-state index contributed by atoms with van der Waals surface area (Å²) in [5, 5.41) is 0. The average Bonchev–Trinajstić information content (AvgIpc) is 2.92. The lowest BCUT2D eigenvalue weighted by Gasteiger charge is -2.14. The number of rotatable bonds is 4. The van der Waals surface area contributed by atoms with Crippen LogP contribution in [0.15, 0.2) is 48.7 Å². The van der Waals surface area contributed by atoms with Gasteiger partial charge in [0.25, 0.3) is 0 Å². The first-order chi connectivity index (χ1) is 9.75. The molecule has 1 aliphatic carbocycles. The highest BCUT2D eigenvalue weighted by Crippen LogP contribution is 2.33. The van der Waals surface area contributed by atoms with Gasteiger partial charge >= 0.3 is 0 Å². The van der Waals surface area contributed by atoms with E-state index in [9.17, 15) is 4.79 Å². The Balaban J connectivity index is 1.72. The second-order valence-corrected chi connectivity index (χ2v) is 5.33. The summed E-state index contributed by atoms with van der Waals surface area (Å²) in [6.45, 7) is 0. The number of fused-ring (bicyclic) bond motifs is 1. The average molecular weight is 266 g/mol. The maximum Gasteiger partial charge on any atom is 0.143 e. The number of nitrogens with two attached hydrogens (primary N) is 1. The fourth-order valence-electron chi connectivity index (χ4n) is 2.90. The molecule has 0 fully saturated rings. The third-order valence-corrected chi connectivity index (χ3v) is 4.00. The molecule has 3 rings (SSSR count). The SMILES string of the molecule is NC(CC(=O)C1CCc2cccnc21)c1ccccc1. The standard InChI is InChI=1S/C17H18N2O/c18-15(12-5-2-1-3-6-12)11-16(20)14-9-8-13-7-4-10-19-17(13)14/h1-7,10,14-15H,8-9,11,18H2. The van der Waals surface area contributed by atoms with E-state index in [2.05, 4.69) is 11.1 Å². The Labute approximate surface area is 118 Å². The van der Waals surface area contributed by atoms with Crippen LogP contribution in [-0.4, -0.2) is 10.8 Å². The maximum atomic E-state index is 12.5. The number of aryl methyl sites for hydroxylation is 1. The van der Waals surface area contributed by atoms with E-state index in [-0.39, 0.29) is 17.7 Å². The predicted octanol–water partition coefficient (Wildman–Crippen LogP) is 2.77. The fraction of sp³-hybridized carbons (Fsp3) is 0.294. The summed E-state index contributed by atoms with van der Waals surface area (Å²) in [5.74, 6) is 0.139. The van der Waals surface area contributed by atoms with Crippen LogP contribution in [0, 0.1) is 0 Å². The van der Waals surface area contributed by atoms with Crippen LogP contribution in [0.1, 0.15) is 41.6 Å². The van der Waals surface area contributed by atoms with Crippen molar-refractivity contribution in [2.24, 2.45) is 5.73 Å². The molecule has 2 unspecified atom stereocenters. The van der Waals surface area contributed by atoms with Crippen LogP contribution in [0.2, 0.25) is 0 Å². The largest absolute Gasteiger partial charge is 0.324 e. The van der Waals surface area contributed by atoms with Gasteiger partial charge in [0.2, 0.25) is 0 Å². The molecule has 1 heterocycles. The van der Waals surface area contributed by atoms with Gasteiger partial charge in [0.05, 0.1) is 11.6 Å². The zero-order valence-electron chi connectivity index (χ0n) is 11.3. The van der Waals surface area contributed by atoms with Crippen molar-refractivity contribution in [3.05, 3.63) is 65.5 Å². The molecule has 3 heteroatoms. The van der Waals surface area contributed by atoms with Crippen LogP contribution in [0.25, 0.3) is 0 Å². The van der Waals surface area contributed by atoms with E-state index in [1.165, 1.54) is 5.56 Å². The molecular weight excluding hydrogens is 248 g/mol. The van der Waals surface area contributed by atoms with E-state index in [0.717, 1.165) is 24.1 Å². The van der Waals surface area contributed by atoms with Crippen molar-refractivity contribution in [3.8, 4) is 0 Å². The van der Waals surface area contributed by atoms with Crippen LogP contribution in [0.3, 0.4) is 0 Å². The van der Waals surface area contributed by atoms with Crippen LogP contribution in [0.5, 0.6) is 0 Å². The monoisotopic (exact) mass is 266 g/mol. The number of ketones is 1. The third kappa shape index (κ3) is 2.49. The molecular formula is C17H18N2O. The Morgan fingerprint density at radius 2 is 2.05 bits per heavy atom. The topological polar surface area (TPSA) is 56.0 Å². The molecule has 0 saturated heterocycles. The number of nitrogens with zero attached hydrogens (tertiary/aromatic N) is 1. The Bertz CT molecular complexity index is 609. The van der Waals surface area contributed by atoms with Gasteiger partial charge in [0.15, 0.2) is 0 Å². The summed E-state index contributed by atoms with van der Waals surface area (Å²) in [6, 6.07) is 13.6. The molecule has 0 spiro atoms. The number of carbonyl (C=O) groups is 1. The van der Waals surface area contributed by atoms with E-state index in [0.29, 0.717) is 6.42 Å². The number of carbonyl (C=O) groups excluding carboxylic acids is 1. The van der Waals surface area contributed by atoms with Crippen molar-refractivity contribution in [3.63, 3.8) is 0 Å². The molecule has 20 heavy (non-hydrogen) atoms. The molecule has 0 amide bonds. The van der Waals surface area contributed by atoms with Gasteiger partial charge in [-0.3, -0.25) is 9.78 Å². The van der Waals surface area contributed by atoms with E-state index in [1.807, 2.05) is 36.4 Å². The van der Waals surface area contributed by atoms with Crippen molar-refractivity contribution >= 4 is 5.78 Å². The van der Waals surface area contributed by atoms with E-state index in [1.54, 1.807) is 6.20 Å². The van der Waals surface area contributed by atoms with Crippen LogP contribution < -0.4 is 5.73 Å². The van der Waals surface area contributed by atoms with Crippen molar-refractivity contribution in [2.45, 2.75) is 31.2 Å². The second-order valence-electron chi connectivity index (χ2n) is 5.33. The predicted molar refractivity (Wildman–Crippen MR) is 78.3 cm³/mol. The van der Waals surface area contributed by atoms with Gasteiger partial charge in [0, 0.05) is 18.7 Å². The van der Waals surface area contributed by atoms with Crippen molar-refractivity contribution in [2.75, 3.05) is 0 Å². The summed E-state index contributed by atoms with van der Waals surface area (Å²) in [5.41, 5.74) is 9.32. The summed E-state index contributed by atoms with van der Waals surface area (Å²) >= 11 is 0. The van der Waals surface area contributed by atoms with Crippen molar-refractivity contribution < 1.29 is 4.79 Å². The normalized spacial score (nSPS) is 18.6. The molecule has 0 saturated carbocycles. The second kappa shape index (κ2) is 5.55. The molecule has 2 N–H and O–H groups in total. The van der Waals surface area contributed by atoms with Gasteiger partial charge in [-0.1, -0.05) is 36.4 Å². The smallest absolute Gasteiger partial charge is 0.143 e. The van der Waals surface area contributed by atoms with Crippen LogP contribution in [-0.2, 0) is 11.2 Å². The Kier molecular flexibility index (Phi) is 3.61. The fourth-order valence-corrected chi connectivity index (χ4v) is 2.90. The van der Waals surface area contributed by atoms with Crippen molar-refractivity contribution in [1.82, 2.24) is 4.98 Å². The summed E-state index contributed by atoms with van der Waals surface area (Å²) in [7, 11) is 0. The van der Waals surface area contributed by atoms with E-state index >= 15 is 0 Å². The summed E-state index contributed by atoms with van der Waals surface area (Å²) < 4.78 is 0. The summed E-state index contributed by atoms with van der Waals surface area (Å²) in [4.78, 5) is 16.9. The third-order valence-electron chi connectivity index (χ3n) is 4.00. The molecule has 1 aliphatic rings. The van der Waals surface area contributed by atoms with E-state index < -0.39 is 0 Å². The lowest BCUT2D eigenvalue weighted by molar-refractivity contribution is -0.120. The number of Topliss-reactive ketones (excluding diaryl/α,β-unsaturated/α-hetero) is 1. The van der Waals surface area contributed by atoms with E-state index in [4.69, 9.17) is 5.73 Å². The van der Waals surface area contributed by atoms with Gasteiger partial charge in [0.1, 0.15) is 5.78 Å². The molecule has 0 radical (unpaired) electrons. The number of benzene rings is 1. The number of hydrogen-bond donors (Lipinski definition) is 1. The number of aromatic nitrogens is 1. The quantitative estimate of drug-likeness (QED) is 0.925. The van der Waals surface area contributed by atoms with Crippen LogP contribution in [0.4, 0.5) is 0 Å². The maximum absolute atomic E-state index is 12.5. The molecule has 1 aromatic carbocycles. The zero-order valence-corrected chi connectivity index (χ0v) is 11.3. The lowest BCUT2D eigenvalue weighted by Crippen LogP contribution is -2.19. The molecule has 2 aromatic rings. The molecule has 0 aliphatic heterocycles. The highest BCUT2D eigenvalue weighted by molar-refractivity contribution is 5.87. The minimum atomic E-state index is -0.225. The first kappa shape index (κ1) is 13.0. The number of hydrogen-bond acceptors (Lipinski definition) is 3. The van der Waals surface area contributed by atoms with Gasteiger partial charge in [-0.05, 0) is 30.0 Å². The number of pyridine rings is 1. The Morgan fingerprint density at radius 3 is 2.85 bits per heavy atom. The highest BCUT2D eigenvalue weighted by Gasteiger charge is 2.30. The lowest BCUT2D eigenvalue weighted by atomic mass is 9.93. The Hall–Kier alpha value is -2.00. The molecule has 0 bridgehead atoms. The first-order valence-electron chi connectivity index (χ1n) is 7.02. The molecule has 1 aromatic heterocycles. The zero-order chi connectivity index (χ0) is 13.9. The van der Waals surface area contributed by atoms with Gasteiger partial charge in [-0.2, -0.15) is 0 Å². The Morgan fingerprint density at radius 1 is 1.25 bits per heavy atom. The van der Waals surface area contributed by atoms with Crippen LogP contribution >= 0.6 is 0 Å². The minimum Gasteiger partial charge on any atom is -0.324 e. The van der Waals surface area contributed by atoms with Gasteiger partial charge in [-0.15, -0.1) is 0 Å². The molecule has 102 valence electrons. The minimum absolute atomic E-state index is 0.0686. The highest BCUT2D eigenvalue weighted by atomic mass is 16.1. The van der Waals surface area contributed by atoms with Crippen molar-refractivity contribution in [1.29, 1.82) is 0 Å². The summed E-state index contributed by atoms with van der Waals surface area (Å²) in [6.07, 6.45) is 3.96. The first-order valence-corrected chi connectivity index (χ1v) is 7.02. The van der Waals surface area contributed by atoms with Gasteiger partial charge in [-0.25, -0.2) is 0 Å². The van der Waals surface area contributed by atoms with Gasteiger partial charge < -0.3 is 5.73 Å².